The van der Waals surface area contributed by atoms with Crippen molar-refractivity contribution in [2.45, 2.75) is 18.9 Å². The zero-order valence-electron chi connectivity index (χ0n) is 13.3. The number of carbonyl (C=O) groups is 2. The van der Waals surface area contributed by atoms with Gasteiger partial charge in [0.2, 0.25) is 0 Å². The van der Waals surface area contributed by atoms with Crippen LogP contribution in [0.3, 0.4) is 0 Å². The highest BCUT2D eigenvalue weighted by Crippen LogP contribution is 2.12. The van der Waals surface area contributed by atoms with Crippen LogP contribution < -0.4 is 15.4 Å². The third-order valence-corrected chi connectivity index (χ3v) is 3.44. The number of methoxy groups -OCH3 is 1. The van der Waals surface area contributed by atoms with Crippen molar-refractivity contribution in [3.05, 3.63) is 48.0 Å². The molecule has 24 heavy (non-hydrogen) atoms. The zero-order chi connectivity index (χ0) is 17.4. The molecule has 2 aromatic rings. The number of benzene rings is 1. The molecule has 2 amide bonds. The molecule has 0 aliphatic rings. The van der Waals surface area contributed by atoms with Gasteiger partial charge >= 0.3 is 12.0 Å². The highest BCUT2D eigenvalue weighted by molar-refractivity contribution is 5.82. The molecule has 0 saturated carbocycles. The van der Waals surface area contributed by atoms with Crippen molar-refractivity contribution < 1.29 is 19.4 Å². The van der Waals surface area contributed by atoms with Gasteiger partial charge in [0, 0.05) is 31.3 Å². The van der Waals surface area contributed by atoms with Gasteiger partial charge in [-0.3, -0.25) is 0 Å². The Bertz CT molecular complexity index is 655. The van der Waals surface area contributed by atoms with Crippen molar-refractivity contribution in [2.24, 2.45) is 0 Å². The lowest BCUT2D eigenvalue weighted by atomic mass is 10.1. The molecule has 0 saturated heterocycles. The second kappa shape index (κ2) is 8.56. The van der Waals surface area contributed by atoms with E-state index in [9.17, 15) is 14.7 Å². The lowest BCUT2D eigenvalue weighted by Crippen LogP contribution is -2.47. The Morgan fingerprint density at radius 2 is 2.08 bits per heavy atom. The minimum atomic E-state index is -1.09. The number of rotatable bonds is 8. The number of urea groups is 1. The summed E-state index contributed by atoms with van der Waals surface area (Å²) in [7, 11) is 1.56. The molecule has 0 unspecified atom stereocenters. The minimum Gasteiger partial charge on any atom is -0.497 e. The Kier molecular flexibility index (Phi) is 6.18. The molecule has 1 aromatic heterocycles. The predicted molar refractivity (Wildman–Crippen MR) is 86.9 cm³/mol. The van der Waals surface area contributed by atoms with Crippen LogP contribution in [0.2, 0.25) is 0 Å². The smallest absolute Gasteiger partial charge is 0.326 e. The summed E-state index contributed by atoms with van der Waals surface area (Å²) in [5.74, 6) is -0.398. The van der Waals surface area contributed by atoms with Crippen molar-refractivity contribution in [2.75, 3.05) is 13.7 Å². The van der Waals surface area contributed by atoms with Gasteiger partial charge in [0.05, 0.1) is 13.4 Å². The third kappa shape index (κ3) is 5.31. The summed E-state index contributed by atoms with van der Waals surface area (Å²) >= 11 is 0. The van der Waals surface area contributed by atoms with Gasteiger partial charge < -0.3 is 25.5 Å². The summed E-state index contributed by atoms with van der Waals surface area (Å²) in [5.41, 5.74) is 1.68. The molecule has 2 rings (SSSR count). The first kappa shape index (κ1) is 17.3. The number of hydrogen-bond donors (Lipinski definition) is 4. The first-order valence-corrected chi connectivity index (χ1v) is 7.46. The molecule has 8 heteroatoms. The number of aromatic nitrogens is 2. The number of aliphatic carboxylic acids is 1. The minimum absolute atomic E-state index is 0.188. The Labute approximate surface area is 139 Å². The number of imidazole rings is 1. The Morgan fingerprint density at radius 1 is 1.33 bits per heavy atom. The molecule has 0 aliphatic carbocycles. The van der Waals surface area contributed by atoms with E-state index in [1.807, 2.05) is 0 Å². The topological polar surface area (TPSA) is 116 Å². The van der Waals surface area contributed by atoms with Crippen LogP contribution in [-0.2, 0) is 17.6 Å². The monoisotopic (exact) mass is 332 g/mol. The number of nitrogens with one attached hydrogen (secondary N) is 3. The van der Waals surface area contributed by atoms with Crippen LogP contribution in [0.5, 0.6) is 5.75 Å². The fraction of sp³-hybridized carbons (Fsp3) is 0.312. The molecule has 4 N–H and O–H groups in total. The third-order valence-electron chi connectivity index (χ3n) is 3.44. The Morgan fingerprint density at radius 3 is 2.67 bits per heavy atom. The van der Waals surface area contributed by atoms with Gasteiger partial charge in [0.1, 0.15) is 11.8 Å². The van der Waals surface area contributed by atoms with Gasteiger partial charge in [-0.15, -0.1) is 0 Å². The van der Waals surface area contributed by atoms with E-state index in [0.717, 1.165) is 11.3 Å². The van der Waals surface area contributed by atoms with Gasteiger partial charge in [-0.2, -0.15) is 0 Å². The summed E-state index contributed by atoms with van der Waals surface area (Å²) in [6.07, 6.45) is 4.00. The summed E-state index contributed by atoms with van der Waals surface area (Å²) in [4.78, 5) is 30.0. The van der Waals surface area contributed by atoms with Crippen molar-refractivity contribution in [3.8, 4) is 5.75 Å². The average Bonchev–Trinajstić information content (AvgIpc) is 3.08. The second-order valence-corrected chi connectivity index (χ2v) is 5.17. The first-order chi connectivity index (χ1) is 11.6. The lowest BCUT2D eigenvalue weighted by Gasteiger charge is -2.15. The average molecular weight is 332 g/mol. The van der Waals surface area contributed by atoms with Crippen molar-refractivity contribution >= 4 is 12.0 Å². The highest BCUT2D eigenvalue weighted by atomic mass is 16.5. The number of carbonyl (C=O) groups excluding carboxylic acids is 1. The van der Waals surface area contributed by atoms with E-state index in [1.54, 1.807) is 43.9 Å². The maximum absolute atomic E-state index is 11.8. The van der Waals surface area contributed by atoms with Crippen LogP contribution in [0, 0.1) is 0 Å². The molecule has 0 fully saturated rings. The summed E-state index contributed by atoms with van der Waals surface area (Å²) in [6, 6.07) is 5.51. The van der Waals surface area contributed by atoms with Gasteiger partial charge in [-0.05, 0) is 17.7 Å². The molecule has 1 atom stereocenters. The number of H-pyrrole nitrogens is 1. The number of aromatic amines is 1. The number of hydrogen-bond acceptors (Lipinski definition) is 4. The number of ether oxygens (including phenoxy) is 1. The van der Waals surface area contributed by atoms with Crippen LogP contribution in [0.1, 0.15) is 11.3 Å². The highest BCUT2D eigenvalue weighted by Gasteiger charge is 2.20. The van der Waals surface area contributed by atoms with E-state index in [4.69, 9.17) is 4.74 Å². The number of nitrogens with zero attached hydrogens (tertiary/aromatic N) is 1. The maximum atomic E-state index is 11.8. The van der Waals surface area contributed by atoms with Gasteiger partial charge in [-0.25, -0.2) is 14.6 Å². The first-order valence-electron chi connectivity index (χ1n) is 7.46. The van der Waals surface area contributed by atoms with E-state index in [2.05, 4.69) is 20.6 Å². The van der Waals surface area contributed by atoms with Crippen molar-refractivity contribution in [3.63, 3.8) is 0 Å². The van der Waals surface area contributed by atoms with E-state index < -0.39 is 18.0 Å². The van der Waals surface area contributed by atoms with Crippen LogP contribution in [0.15, 0.2) is 36.8 Å². The van der Waals surface area contributed by atoms with Gasteiger partial charge in [0.25, 0.3) is 0 Å². The molecule has 0 spiro atoms. The molecule has 0 aliphatic heterocycles. The largest absolute Gasteiger partial charge is 0.497 e. The molecule has 128 valence electrons. The zero-order valence-corrected chi connectivity index (χ0v) is 13.3. The van der Waals surface area contributed by atoms with E-state index in [1.165, 1.54) is 0 Å². The SMILES string of the molecule is COc1ccc(C[C@H](NC(=O)NCCc2cnc[nH]2)C(=O)O)cc1. The van der Waals surface area contributed by atoms with Crippen molar-refractivity contribution in [1.29, 1.82) is 0 Å². The van der Waals surface area contributed by atoms with Gasteiger partial charge in [-0.1, -0.05) is 12.1 Å². The molecule has 1 aromatic carbocycles. The summed E-state index contributed by atoms with van der Waals surface area (Å²) in [5, 5.41) is 14.4. The molecule has 0 bridgehead atoms. The quantitative estimate of drug-likeness (QED) is 0.574. The fourth-order valence-corrected chi connectivity index (χ4v) is 2.14. The Hall–Kier alpha value is -3.03. The molecule has 0 radical (unpaired) electrons. The number of amides is 2. The predicted octanol–water partition coefficient (Wildman–Crippen LogP) is 0.956. The lowest BCUT2D eigenvalue weighted by molar-refractivity contribution is -0.139. The number of carboxylic acids is 1. The van der Waals surface area contributed by atoms with Crippen molar-refractivity contribution in [1.82, 2.24) is 20.6 Å². The summed E-state index contributed by atoms with van der Waals surface area (Å²) in [6.45, 7) is 0.378. The second-order valence-electron chi connectivity index (χ2n) is 5.17. The van der Waals surface area contributed by atoms with Crippen LogP contribution in [0.4, 0.5) is 4.79 Å². The molecule has 8 nitrogen and oxygen atoms in total. The molecular formula is C16H20N4O4. The standard InChI is InChI=1S/C16H20N4O4/c1-24-13-4-2-11(3-5-13)8-14(15(21)22)20-16(23)18-7-6-12-9-17-10-19-12/h2-5,9-10,14H,6-8H2,1H3,(H,17,19)(H,21,22)(H2,18,20,23)/t14-/m0/s1. The maximum Gasteiger partial charge on any atom is 0.326 e. The van der Waals surface area contributed by atoms with E-state index in [-0.39, 0.29) is 6.42 Å². The van der Waals surface area contributed by atoms with Crippen LogP contribution in [0.25, 0.3) is 0 Å². The molecular weight excluding hydrogens is 312 g/mol. The van der Waals surface area contributed by atoms with Crippen LogP contribution in [-0.4, -0.2) is 46.8 Å². The summed E-state index contributed by atoms with van der Waals surface area (Å²) < 4.78 is 5.06. The molecule has 1 heterocycles. The van der Waals surface area contributed by atoms with E-state index in [0.29, 0.717) is 18.7 Å². The Balaban J connectivity index is 1.83. The normalized spacial score (nSPS) is 11.5. The van der Waals surface area contributed by atoms with Gasteiger partial charge in [0.15, 0.2) is 0 Å². The van der Waals surface area contributed by atoms with Crippen LogP contribution >= 0.6 is 0 Å². The van der Waals surface area contributed by atoms with E-state index >= 15 is 0 Å². The number of carboxylic acid groups (broad SMARTS) is 1. The fourth-order valence-electron chi connectivity index (χ4n) is 2.14.